The Morgan fingerprint density at radius 1 is 1.03 bits per heavy atom. The van der Waals surface area contributed by atoms with Crippen molar-refractivity contribution in [2.75, 3.05) is 10.6 Å². The number of nitrogens with zero attached hydrogens (tertiary/aromatic N) is 3. The number of carbonyl (C=O) groups is 1. The summed E-state index contributed by atoms with van der Waals surface area (Å²) in [5.74, 6) is 1.13. The number of allylic oxidation sites excluding steroid dienone is 1. The number of nitrogens with one attached hydrogen (secondary N) is 2. The van der Waals surface area contributed by atoms with E-state index < -0.39 is 6.04 Å². The van der Waals surface area contributed by atoms with Crippen molar-refractivity contribution in [3.8, 4) is 0 Å². The topological polar surface area (TPSA) is 71.8 Å². The predicted molar refractivity (Wildman–Crippen MR) is 151 cm³/mol. The molecular weight excluding hydrogens is 502 g/mol. The van der Waals surface area contributed by atoms with Crippen LogP contribution in [0.2, 0.25) is 5.02 Å². The highest BCUT2D eigenvalue weighted by molar-refractivity contribution is 7.98. The van der Waals surface area contributed by atoms with Crippen LogP contribution in [-0.2, 0) is 10.5 Å². The number of halogens is 1. The number of rotatable bonds is 6. The highest BCUT2D eigenvalue weighted by Crippen LogP contribution is 2.37. The minimum Gasteiger partial charge on any atom is -0.328 e. The third kappa shape index (κ3) is 5.43. The number of fused-ring (bicyclic) bond motifs is 1. The van der Waals surface area contributed by atoms with Crippen molar-refractivity contribution in [3.05, 3.63) is 111 Å². The molecule has 2 heterocycles. The average molecular weight is 530 g/mol. The molecule has 0 unspecified atom stereocenters. The van der Waals surface area contributed by atoms with E-state index in [-0.39, 0.29) is 5.91 Å². The summed E-state index contributed by atoms with van der Waals surface area (Å²) in [5.41, 5.74) is 7.52. The average Bonchev–Trinajstić information content (AvgIpc) is 3.26. The second-order valence-electron chi connectivity index (χ2n) is 9.33. The van der Waals surface area contributed by atoms with Crippen LogP contribution in [0.4, 0.5) is 11.6 Å². The van der Waals surface area contributed by atoms with Crippen LogP contribution < -0.4 is 10.6 Å². The molecule has 1 aromatic heterocycles. The Morgan fingerprint density at radius 2 is 1.78 bits per heavy atom. The smallest absolute Gasteiger partial charge is 0.255 e. The minimum absolute atomic E-state index is 0.170. The van der Waals surface area contributed by atoms with Gasteiger partial charge in [-0.3, -0.25) is 4.79 Å². The molecule has 5 rings (SSSR count). The van der Waals surface area contributed by atoms with Gasteiger partial charge in [-0.2, -0.15) is 4.98 Å². The molecule has 0 bridgehead atoms. The van der Waals surface area contributed by atoms with E-state index >= 15 is 0 Å². The predicted octanol–water partition coefficient (Wildman–Crippen LogP) is 7.08. The number of thioether (sulfide) groups is 1. The molecule has 0 aliphatic carbocycles. The fourth-order valence-corrected chi connectivity index (χ4v) is 5.45. The summed E-state index contributed by atoms with van der Waals surface area (Å²) < 4.78 is 1.81. The van der Waals surface area contributed by atoms with Crippen molar-refractivity contribution in [3.63, 3.8) is 0 Å². The van der Waals surface area contributed by atoms with Crippen molar-refractivity contribution < 1.29 is 4.79 Å². The molecule has 1 amide bonds. The molecule has 0 radical (unpaired) electrons. The summed E-state index contributed by atoms with van der Waals surface area (Å²) in [6, 6.07) is 21.6. The van der Waals surface area contributed by atoms with E-state index in [1.165, 1.54) is 11.8 Å². The molecule has 6 nitrogen and oxygen atoms in total. The maximum absolute atomic E-state index is 13.7. The molecule has 37 heavy (non-hydrogen) atoms. The lowest BCUT2D eigenvalue weighted by Crippen LogP contribution is -2.31. The zero-order valence-electron chi connectivity index (χ0n) is 21.2. The van der Waals surface area contributed by atoms with Gasteiger partial charge in [0.15, 0.2) is 0 Å². The molecule has 0 saturated heterocycles. The van der Waals surface area contributed by atoms with E-state index in [9.17, 15) is 4.79 Å². The van der Waals surface area contributed by atoms with Crippen molar-refractivity contribution in [2.24, 2.45) is 0 Å². The molecule has 4 aromatic rings. The molecule has 8 heteroatoms. The molecular formula is C29H28ClN5OS. The van der Waals surface area contributed by atoms with Crippen LogP contribution in [0, 0.1) is 20.8 Å². The molecule has 0 fully saturated rings. The normalized spacial score (nSPS) is 14.8. The Hall–Kier alpha value is -3.55. The maximum Gasteiger partial charge on any atom is 0.255 e. The van der Waals surface area contributed by atoms with Crippen molar-refractivity contribution in [1.82, 2.24) is 14.8 Å². The lowest BCUT2D eigenvalue weighted by atomic mass is 9.94. The summed E-state index contributed by atoms with van der Waals surface area (Å²) in [6.45, 7) is 8.00. The van der Waals surface area contributed by atoms with Crippen molar-refractivity contribution >= 4 is 40.9 Å². The van der Waals surface area contributed by atoms with Crippen LogP contribution in [0.5, 0.6) is 0 Å². The van der Waals surface area contributed by atoms with Crippen LogP contribution in [0.15, 0.2) is 83.2 Å². The third-order valence-electron chi connectivity index (χ3n) is 6.36. The Bertz CT molecular complexity index is 1510. The highest BCUT2D eigenvalue weighted by Gasteiger charge is 2.34. The molecule has 3 aromatic carbocycles. The summed E-state index contributed by atoms with van der Waals surface area (Å²) >= 11 is 7.68. The largest absolute Gasteiger partial charge is 0.328 e. The van der Waals surface area contributed by atoms with Gasteiger partial charge in [-0.15, -0.1) is 5.10 Å². The van der Waals surface area contributed by atoms with E-state index in [4.69, 9.17) is 21.7 Å². The van der Waals surface area contributed by atoms with Gasteiger partial charge in [0.2, 0.25) is 11.1 Å². The van der Waals surface area contributed by atoms with Gasteiger partial charge in [0.1, 0.15) is 6.04 Å². The fourth-order valence-electron chi connectivity index (χ4n) is 4.46. The monoisotopic (exact) mass is 529 g/mol. The Balaban J connectivity index is 1.49. The fraction of sp³-hybridized carbons (Fsp3) is 0.207. The van der Waals surface area contributed by atoms with Gasteiger partial charge in [0.05, 0.1) is 5.57 Å². The summed E-state index contributed by atoms with van der Waals surface area (Å²) in [5, 5.41) is 12.6. The summed E-state index contributed by atoms with van der Waals surface area (Å²) in [6.07, 6.45) is 0. The zero-order chi connectivity index (χ0) is 26.1. The second-order valence-corrected chi connectivity index (χ2v) is 10.7. The first-order valence-corrected chi connectivity index (χ1v) is 13.4. The molecule has 1 atom stereocenters. The first-order valence-electron chi connectivity index (χ1n) is 12.1. The number of aromatic nitrogens is 3. The number of hydrogen-bond donors (Lipinski definition) is 2. The van der Waals surface area contributed by atoms with Gasteiger partial charge in [0, 0.05) is 22.2 Å². The zero-order valence-corrected chi connectivity index (χ0v) is 22.7. The lowest BCUT2D eigenvalue weighted by Gasteiger charge is -2.29. The molecule has 188 valence electrons. The molecule has 0 saturated carbocycles. The van der Waals surface area contributed by atoms with Gasteiger partial charge >= 0.3 is 0 Å². The molecule has 1 aliphatic rings. The molecule has 1 aliphatic heterocycles. The van der Waals surface area contributed by atoms with E-state index in [0.717, 1.165) is 39.2 Å². The molecule has 0 spiro atoms. The van der Waals surface area contributed by atoms with Gasteiger partial charge in [0.25, 0.3) is 5.91 Å². The van der Waals surface area contributed by atoms with Crippen LogP contribution in [0.25, 0.3) is 0 Å². The lowest BCUT2D eigenvalue weighted by molar-refractivity contribution is -0.113. The third-order valence-corrected chi connectivity index (χ3v) is 7.50. The van der Waals surface area contributed by atoms with Crippen LogP contribution >= 0.6 is 23.4 Å². The van der Waals surface area contributed by atoms with Crippen molar-refractivity contribution in [2.45, 2.75) is 44.6 Å². The standard InChI is InChI=1S/C29H28ClN5OS/c1-17-8-11-22(12-9-17)26-25(27(36)32-24-13-10-18(2)14-19(24)3)20(4)31-28-33-29(34-35(26)28)37-16-21-6-5-7-23(30)15-21/h5-15,26H,16H2,1-4H3,(H,32,36)(H,31,33,34)/t26-/m1/s1. The summed E-state index contributed by atoms with van der Waals surface area (Å²) in [4.78, 5) is 18.5. The Kier molecular flexibility index (Phi) is 7.09. The van der Waals surface area contributed by atoms with Gasteiger partial charge in [-0.1, -0.05) is 83.0 Å². The van der Waals surface area contributed by atoms with Crippen molar-refractivity contribution in [1.29, 1.82) is 0 Å². The van der Waals surface area contributed by atoms with Crippen LogP contribution in [0.1, 0.15) is 40.8 Å². The Labute approximate surface area is 226 Å². The first kappa shape index (κ1) is 25.1. The first-order chi connectivity index (χ1) is 17.8. The minimum atomic E-state index is -0.421. The van der Waals surface area contributed by atoms with E-state index in [0.29, 0.717) is 27.5 Å². The Morgan fingerprint density at radius 3 is 2.51 bits per heavy atom. The van der Waals surface area contributed by atoms with Crippen LogP contribution in [-0.4, -0.2) is 20.7 Å². The quantitative estimate of drug-likeness (QED) is 0.261. The SMILES string of the molecule is CC1=C(C(=O)Nc2ccc(C)cc2C)[C@@H](c2ccc(C)cc2)n2nc(SCc3cccc(Cl)c3)nc2N1. The number of hydrogen-bond acceptors (Lipinski definition) is 5. The van der Waals surface area contributed by atoms with Gasteiger partial charge < -0.3 is 10.6 Å². The number of aryl methyl sites for hydroxylation is 3. The summed E-state index contributed by atoms with van der Waals surface area (Å²) in [7, 11) is 0. The second kappa shape index (κ2) is 10.4. The van der Waals surface area contributed by atoms with E-state index in [1.54, 1.807) is 0 Å². The molecule has 2 N–H and O–H groups in total. The van der Waals surface area contributed by atoms with E-state index in [2.05, 4.69) is 28.8 Å². The van der Waals surface area contributed by atoms with Gasteiger partial charge in [-0.05, 0) is 62.6 Å². The van der Waals surface area contributed by atoms with E-state index in [1.807, 2.05) is 80.9 Å². The highest BCUT2D eigenvalue weighted by atomic mass is 35.5. The van der Waals surface area contributed by atoms with Gasteiger partial charge in [-0.25, -0.2) is 4.68 Å². The number of amides is 1. The van der Waals surface area contributed by atoms with Crippen LogP contribution in [0.3, 0.4) is 0 Å². The number of anilines is 2. The number of carbonyl (C=O) groups excluding carboxylic acids is 1. The maximum atomic E-state index is 13.7. The number of benzene rings is 3.